The molecule has 30 heavy (non-hydrogen) atoms. The van der Waals surface area contributed by atoms with Crippen molar-refractivity contribution in [2.45, 2.75) is 32.2 Å². The van der Waals surface area contributed by atoms with Crippen molar-refractivity contribution in [2.24, 2.45) is 0 Å². The summed E-state index contributed by atoms with van der Waals surface area (Å²) < 4.78 is 2.20. The number of para-hydroxylation sites is 1. The Hall–Kier alpha value is -3.18. The minimum absolute atomic E-state index is 0.127. The molecule has 2 aromatic heterocycles. The minimum atomic E-state index is -0.127. The topological polar surface area (TPSA) is 55.1 Å². The Morgan fingerprint density at radius 2 is 1.83 bits per heavy atom. The predicted molar refractivity (Wildman–Crippen MR) is 121 cm³/mol. The monoisotopic (exact) mass is 412 g/mol. The zero-order chi connectivity index (χ0) is 20.2. The Bertz CT molecular complexity index is 1410. The first kappa shape index (κ1) is 17.7. The van der Waals surface area contributed by atoms with Crippen LogP contribution in [0.1, 0.15) is 45.8 Å². The molecule has 0 unspecified atom stereocenters. The Kier molecular flexibility index (Phi) is 3.93. The molecule has 3 heterocycles. The smallest absolute Gasteiger partial charge is 0.282 e. The third kappa shape index (κ3) is 2.58. The second-order valence-electron chi connectivity index (χ2n) is 7.99. The minimum Gasteiger partial charge on any atom is -0.507 e. The maximum absolute atomic E-state index is 13.2. The Morgan fingerprint density at radius 1 is 1.03 bits per heavy atom. The fourth-order valence-electron chi connectivity index (χ4n) is 4.74. The summed E-state index contributed by atoms with van der Waals surface area (Å²) in [6.45, 7) is 0.701. The van der Waals surface area contributed by atoms with Crippen LogP contribution in [-0.4, -0.2) is 14.7 Å². The van der Waals surface area contributed by atoms with Crippen LogP contribution in [0.25, 0.3) is 21.9 Å². The number of phenols is 1. The number of hydrogen-bond donors (Lipinski definition) is 1. The van der Waals surface area contributed by atoms with Crippen molar-refractivity contribution < 1.29 is 5.11 Å². The molecule has 2 aliphatic rings. The zero-order valence-electron chi connectivity index (χ0n) is 16.4. The van der Waals surface area contributed by atoms with Crippen molar-refractivity contribution in [1.82, 2.24) is 9.55 Å². The first-order chi connectivity index (χ1) is 14.7. The Morgan fingerprint density at radius 3 is 2.73 bits per heavy atom. The van der Waals surface area contributed by atoms with Gasteiger partial charge in [-0.2, -0.15) is 4.98 Å². The molecule has 0 amide bonds. The van der Waals surface area contributed by atoms with E-state index in [1.165, 1.54) is 22.4 Å². The van der Waals surface area contributed by atoms with Crippen LogP contribution in [0.5, 0.6) is 5.75 Å². The molecule has 148 valence electrons. The molecule has 1 N–H and O–H groups in total. The van der Waals surface area contributed by atoms with Gasteiger partial charge in [0.1, 0.15) is 16.4 Å². The number of nitrogens with zero attached hydrogens (tertiary/aromatic N) is 2. The van der Waals surface area contributed by atoms with Crippen LogP contribution in [0.15, 0.2) is 53.3 Å². The Labute approximate surface area is 177 Å². The van der Waals surface area contributed by atoms with Gasteiger partial charge in [-0.05, 0) is 54.5 Å². The highest BCUT2D eigenvalue weighted by Gasteiger charge is 2.27. The second kappa shape index (κ2) is 6.67. The van der Waals surface area contributed by atoms with E-state index in [-0.39, 0.29) is 11.3 Å². The van der Waals surface area contributed by atoms with Crippen LogP contribution in [0.4, 0.5) is 0 Å². The van der Waals surface area contributed by atoms with Gasteiger partial charge in [0.2, 0.25) is 0 Å². The summed E-state index contributed by atoms with van der Waals surface area (Å²) in [5.74, 6) is 0.905. The lowest BCUT2D eigenvalue weighted by molar-refractivity contribution is 0.474. The van der Waals surface area contributed by atoms with Gasteiger partial charge in [-0.25, -0.2) is 0 Å². The van der Waals surface area contributed by atoms with Crippen LogP contribution >= 0.6 is 11.3 Å². The van der Waals surface area contributed by atoms with E-state index in [1.54, 1.807) is 17.4 Å². The number of phenolic OH excluding ortho intramolecular Hbond substituents is 1. The van der Waals surface area contributed by atoms with Gasteiger partial charge in [0, 0.05) is 16.0 Å². The van der Waals surface area contributed by atoms with E-state index in [1.807, 2.05) is 36.4 Å². The molecule has 0 atom stereocenters. The molecule has 1 aliphatic heterocycles. The zero-order valence-corrected chi connectivity index (χ0v) is 17.2. The number of hydrogen-bond acceptors (Lipinski definition) is 4. The van der Waals surface area contributed by atoms with E-state index in [2.05, 4.69) is 21.7 Å². The van der Waals surface area contributed by atoms with Crippen molar-refractivity contribution in [1.29, 1.82) is 0 Å². The van der Waals surface area contributed by atoms with Crippen molar-refractivity contribution >= 4 is 33.2 Å². The third-order valence-electron chi connectivity index (χ3n) is 6.19. The molecular weight excluding hydrogens is 392 g/mol. The number of aromatic hydroxyl groups is 1. The van der Waals surface area contributed by atoms with Gasteiger partial charge in [-0.15, -0.1) is 11.3 Å². The third-order valence-corrected chi connectivity index (χ3v) is 7.50. The number of aromatic nitrogens is 2. The summed E-state index contributed by atoms with van der Waals surface area (Å²) in [7, 11) is 0. The molecule has 0 radical (unpaired) electrons. The summed E-state index contributed by atoms with van der Waals surface area (Å²) >= 11 is 1.76. The fourth-order valence-corrected chi connectivity index (χ4v) is 6.12. The summed E-state index contributed by atoms with van der Waals surface area (Å²) in [5, 5.41) is 11.2. The van der Waals surface area contributed by atoms with Gasteiger partial charge in [-0.3, -0.25) is 4.79 Å². The predicted octanol–water partition coefficient (Wildman–Crippen LogP) is 4.99. The van der Waals surface area contributed by atoms with E-state index < -0.39 is 0 Å². The number of benzene rings is 2. The summed E-state index contributed by atoms with van der Waals surface area (Å²) in [6.07, 6.45) is 6.31. The van der Waals surface area contributed by atoms with E-state index in [4.69, 9.17) is 0 Å². The fraction of sp³-hybridized carbons (Fsp3) is 0.200. The Balaban J connectivity index is 1.68. The van der Waals surface area contributed by atoms with Gasteiger partial charge >= 0.3 is 0 Å². The van der Waals surface area contributed by atoms with Crippen LogP contribution in [-0.2, 0) is 19.4 Å². The van der Waals surface area contributed by atoms with Crippen molar-refractivity contribution in [2.75, 3.05) is 0 Å². The molecule has 0 fully saturated rings. The summed E-state index contributed by atoms with van der Waals surface area (Å²) in [6, 6.07) is 15.5. The summed E-state index contributed by atoms with van der Waals surface area (Å²) in [5.41, 5.74) is 4.95. The van der Waals surface area contributed by atoms with Crippen LogP contribution in [0, 0.1) is 0 Å². The maximum atomic E-state index is 13.2. The number of fused-ring (bicyclic) bond motifs is 6. The van der Waals surface area contributed by atoms with E-state index in [0.29, 0.717) is 12.4 Å². The highest BCUT2D eigenvalue weighted by Crippen LogP contribution is 2.39. The molecule has 6 rings (SSSR count). The summed E-state index contributed by atoms with van der Waals surface area (Å²) in [4.78, 5) is 20.1. The maximum Gasteiger partial charge on any atom is 0.282 e. The molecule has 0 saturated heterocycles. The molecular formula is C25H20N2O2S. The van der Waals surface area contributed by atoms with E-state index in [9.17, 15) is 9.90 Å². The van der Waals surface area contributed by atoms with Gasteiger partial charge < -0.3 is 9.67 Å². The average molecular weight is 413 g/mol. The average Bonchev–Trinajstić information content (AvgIpc) is 3.16. The van der Waals surface area contributed by atoms with Gasteiger partial charge in [-0.1, -0.05) is 42.5 Å². The van der Waals surface area contributed by atoms with Crippen LogP contribution < -0.4 is 5.56 Å². The molecule has 0 saturated carbocycles. The van der Waals surface area contributed by atoms with E-state index in [0.717, 1.165) is 46.2 Å². The van der Waals surface area contributed by atoms with Crippen molar-refractivity contribution in [3.05, 3.63) is 91.8 Å². The number of rotatable bonds is 1. The first-order valence-electron chi connectivity index (χ1n) is 10.3. The number of aryl methyl sites for hydroxylation is 2. The lowest BCUT2D eigenvalue weighted by atomic mass is 9.93. The van der Waals surface area contributed by atoms with Crippen molar-refractivity contribution in [3.63, 3.8) is 0 Å². The van der Waals surface area contributed by atoms with Gasteiger partial charge in [0.25, 0.3) is 5.56 Å². The lowest BCUT2D eigenvalue weighted by Gasteiger charge is -2.24. The quantitative estimate of drug-likeness (QED) is 0.422. The SMILES string of the molecule is O=c1nc2n(c3sc4c(c13)CCCC4)Cc1ccccc1C2=Cc1ccccc1O. The molecule has 5 heteroatoms. The van der Waals surface area contributed by atoms with Crippen LogP contribution in [0.3, 0.4) is 0 Å². The molecule has 4 nitrogen and oxygen atoms in total. The van der Waals surface area contributed by atoms with Crippen molar-refractivity contribution in [3.8, 4) is 5.75 Å². The molecule has 0 spiro atoms. The highest BCUT2D eigenvalue weighted by molar-refractivity contribution is 7.18. The van der Waals surface area contributed by atoms with Gasteiger partial charge in [0.05, 0.1) is 11.9 Å². The largest absolute Gasteiger partial charge is 0.507 e. The molecule has 4 aromatic rings. The van der Waals surface area contributed by atoms with Gasteiger partial charge in [0.15, 0.2) is 0 Å². The number of thiophene rings is 1. The first-order valence-corrected chi connectivity index (χ1v) is 11.2. The van der Waals surface area contributed by atoms with Crippen LogP contribution in [0.2, 0.25) is 0 Å². The normalized spacial score (nSPS) is 16.3. The highest BCUT2D eigenvalue weighted by atomic mass is 32.1. The lowest BCUT2D eigenvalue weighted by Crippen LogP contribution is -2.23. The molecule has 2 aromatic carbocycles. The standard InChI is InChI=1S/C25H20N2O2S/c28-20-11-5-2-7-15(20)13-19-17-9-3-1-8-16(17)14-27-23(19)26-24(29)22-18-10-4-6-12-21(18)30-25(22)27/h1-3,5,7-9,11,13,28H,4,6,10,12,14H2. The molecule has 0 bridgehead atoms. The molecule has 1 aliphatic carbocycles. The second-order valence-corrected chi connectivity index (χ2v) is 9.08. The van der Waals surface area contributed by atoms with E-state index >= 15 is 0 Å².